The number of aromatic carboxylic acids is 1. The lowest BCUT2D eigenvalue weighted by Crippen LogP contribution is -3.14. The van der Waals surface area contributed by atoms with Crippen molar-refractivity contribution in [3.8, 4) is 22.5 Å². The molecule has 86 heavy (non-hydrogen) atoms. The number of aromatic amines is 2. The lowest BCUT2D eigenvalue weighted by atomic mass is 9.99. The molecule has 0 spiro atoms. The van der Waals surface area contributed by atoms with E-state index >= 15 is 0 Å². The van der Waals surface area contributed by atoms with E-state index in [2.05, 4.69) is 146 Å². The number of piperazine rings is 2. The number of nitrogens with one attached hydrogen (secondary N) is 3. The molecule has 4 aliphatic rings. The maximum Gasteiger partial charge on any atom is 0.264 e. The monoisotopic (exact) mass is 1210 g/mol. The van der Waals surface area contributed by atoms with Crippen LogP contribution >= 0.6 is 22.7 Å². The Morgan fingerprint density at radius 1 is 0.535 bits per heavy atom. The van der Waals surface area contributed by atoms with Crippen LogP contribution in [0.5, 0.6) is 0 Å². The van der Waals surface area contributed by atoms with Gasteiger partial charge in [0.2, 0.25) is 11.8 Å². The van der Waals surface area contributed by atoms with Crippen molar-refractivity contribution in [2.75, 3.05) is 131 Å². The predicted octanol–water partition coefficient (Wildman–Crippen LogP) is 9.32. The zero-order chi connectivity index (χ0) is 61.4. The Kier molecular flexibility index (Phi) is 24.9. The molecule has 15 nitrogen and oxygen atoms in total. The number of aryl methyl sites for hydroxylation is 4. The van der Waals surface area contributed by atoms with Crippen LogP contribution in [0, 0.1) is 27.7 Å². The number of carbonyl (C=O) groups is 4. The first-order valence-electron chi connectivity index (χ1n) is 32.7. The third-order valence-electron chi connectivity index (χ3n) is 18.1. The van der Waals surface area contributed by atoms with E-state index < -0.39 is 5.97 Å². The van der Waals surface area contributed by atoms with Crippen LogP contribution in [0.25, 0.3) is 42.9 Å². The van der Waals surface area contributed by atoms with E-state index in [4.69, 9.17) is 0 Å². The lowest BCUT2D eigenvalue weighted by molar-refractivity contribution is -0.917. The highest BCUT2D eigenvalue weighted by Crippen LogP contribution is 2.39. The minimum Gasteiger partial charge on any atom is -0.544 e. The Morgan fingerprint density at radius 3 is 1.26 bits per heavy atom. The van der Waals surface area contributed by atoms with Crippen LogP contribution < -0.4 is 10.0 Å². The van der Waals surface area contributed by atoms with Gasteiger partial charge in [0.05, 0.1) is 59.3 Å². The van der Waals surface area contributed by atoms with Crippen LogP contribution in [0.3, 0.4) is 0 Å². The number of H-pyrrole nitrogens is 2. The molecule has 4 aromatic heterocycles. The van der Waals surface area contributed by atoms with Gasteiger partial charge in [-0.15, -0.1) is 22.7 Å². The van der Waals surface area contributed by atoms with Crippen molar-refractivity contribution < 1.29 is 29.2 Å². The Balaban J connectivity index is 0.000000201. The summed E-state index contributed by atoms with van der Waals surface area (Å²) in [7, 11) is 0. The Bertz CT molecular complexity index is 3110. The highest BCUT2D eigenvalue weighted by Gasteiger charge is 2.28. The molecule has 4 saturated heterocycles. The van der Waals surface area contributed by atoms with Gasteiger partial charge < -0.3 is 49.3 Å². The number of carbonyl (C=O) groups excluding carboxylic acids is 4. The molecule has 4 aliphatic heterocycles. The van der Waals surface area contributed by atoms with Crippen molar-refractivity contribution in [1.82, 2.24) is 44.3 Å². The molecule has 470 valence electrons. The summed E-state index contributed by atoms with van der Waals surface area (Å²) < 4.78 is 0. The molecule has 3 N–H and O–H groups in total. The topological polar surface area (TPSA) is 150 Å². The van der Waals surface area contributed by atoms with Gasteiger partial charge in [0.25, 0.3) is 5.91 Å². The number of fused-ring (bicyclic) bond motifs is 2. The predicted molar refractivity (Wildman–Crippen MR) is 354 cm³/mol. The van der Waals surface area contributed by atoms with Crippen LogP contribution in [-0.4, -0.2) is 205 Å². The van der Waals surface area contributed by atoms with Crippen LogP contribution in [0.4, 0.5) is 0 Å². The number of quaternary nitrogens is 1. The molecule has 4 fully saturated rings. The first-order chi connectivity index (χ1) is 41.4. The summed E-state index contributed by atoms with van der Waals surface area (Å²) in [5.74, 6) is -0.387. The van der Waals surface area contributed by atoms with Gasteiger partial charge in [0.15, 0.2) is 0 Å². The molecule has 0 saturated carbocycles. The third-order valence-corrected chi connectivity index (χ3v) is 20.2. The van der Waals surface area contributed by atoms with Gasteiger partial charge >= 0.3 is 0 Å². The number of amides is 3. The molecule has 0 atom stereocenters. The van der Waals surface area contributed by atoms with Crippen LogP contribution in [0.15, 0.2) is 48.5 Å². The molecule has 3 amide bonds. The zero-order valence-corrected chi connectivity index (χ0v) is 55.5. The van der Waals surface area contributed by atoms with Crippen molar-refractivity contribution in [1.29, 1.82) is 0 Å². The number of aromatic nitrogens is 2. The van der Waals surface area contributed by atoms with E-state index in [0.717, 1.165) is 206 Å². The van der Waals surface area contributed by atoms with Gasteiger partial charge in [-0.05, 0) is 165 Å². The van der Waals surface area contributed by atoms with Gasteiger partial charge in [-0.1, -0.05) is 61.1 Å². The largest absolute Gasteiger partial charge is 0.544 e. The van der Waals surface area contributed by atoms with Gasteiger partial charge in [0.1, 0.15) is 9.66 Å². The van der Waals surface area contributed by atoms with E-state index in [-0.39, 0.29) is 16.7 Å². The molecule has 17 heteroatoms. The van der Waals surface area contributed by atoms with Crippen molar-refractivity contribution in [3.05, 3.63) is 91.7 Å². The Labute approximate surface area is 522 Å². The fourth-order valence-corrected chi connectivity index (χ4v) is 15.1. The second-order valence-corrected chi connectivity index (χ2v) is 27.2. The molecule has 6 aromatic rings. The highest BCUT2D eigenvalue weighted by molar-refractivity contribution is 7.20. The summed E-state index contributed by atoms with van der Waals surface area (Å²) >= 11 is 2.86. The van der Waals surface area contributed by atoms with Crippen molar-refractivity contribution in [2.45, 2.75) is 139 Å². The number of thiophene rings is 2. The molecule has 0 unspecified atom stereocenters. The molecule has 0 radical (unpaired) electrons. The number of carboxylic acids is 1. The first kappa shape index (κ1) is 66.6. The highest BCUT2D eigenvalue weighted by atomic mass is 32.1. The fourth-order valence-electron chi connectivity index (χ4n) is 13.2. The van der Waals surface area contributed by atoms with Crippen molar-refractivity contribution >= 4 is 66.8 Å². The number of unbranched alkanes of at least 4 members (excludes halogenated alkanes) is 2. The smallest absolute Gasteiger partial charge is 0.264 e. The molecule has 0 bridgehead atoms. The zero-order valence-electron chi connectivity index (χ0n) is 53.9. The van der Waals surface area contributed by atoms with E-state index in [1.54, 1.807) is 22.3 Å². The summed E-state index contributed by atoms with van der Waals surface area (Å²) in [4.78, 5) is 78.0. The molecular weight excluding hydrogens is 1110 g/mol. The number of hydrogen-bond acceptors (Lipinski definition) is 11. The van der Waals surface area contributed by atoms with Crippen molar-refractivity contribution in [2.24, 2.45) is 0 Å². The lowest BCUT2D eigenvalue weighted by Gasteiger charge is -2.35. The van der Waals surface area contributed by atoms with E-state index in [0.29, 0.717) is 19.0 Å². The summed E-state index contributed by atoms with van der Waals surface area (Å²) in [5, 5.41) is 13.6. The minimum absolute atomic E-state index is 0.176. The van der Waals surface area contributed by atoms with Gasteiger partial charge in [-0.3, -0.25) is 24.2 Å². The minimum atomic E-state index is -1.13. The molecule has 0 aliphatic carbocycles. The normalized spacial score (nSPS) is 16.4. The molecular formula is C69H102N10O5S2. The van der Waals surface area contributed by atoms with Crippen LogP contribution in [-0.2, 0) is 22.4 Å². The second-order valence-electron chi connectivity index (χ2n) is 25.1. The third kappa shape index (κ3) is 17.9. The van der Waals surface area contributed by atoms with Gasteiger partial charge in [0, 0.05) is 115 Å². The quantitative estimate of drug-likeness (QED) is 0.0571. The maximum absolute atomic E-state index is 13.7. The van der Waals surface area contributed by atoms with E-state index in [9.17, 15) is 24.3 Å². The van der Waals surface area contributed by atoms with Gasteiger partial charge in [-0.2, -0.15) is 0 Å². The molecule has 8 heterocycles. The van der Waals surface area contributed by atoms with Crippen LogP contribution in [0.1, 0.15) is 146 Å². The van der Waals surface area contributed by atoms with Gasteiger partial charge in [-0.25, -0.2) is 0 Å². The maximum atomic E-state index is 13.7. The first-order valence-corrected chi connectivity index (χ1v) is 34.3. The summed E-state index contributed by atoms with van der Waals surface area (Å²) in [6.45, 7) is 40.2. The van der Waals surface area contributed by atoms with Crippen molar-refractivity contribution in [3.63, 3.8) is 0 Å². The van der Waals surface area contributed by atoms with E-state index in [1.807, 2.05) is 9.80 Å². The number of benzene rings is 2. The number of likely N-dealkylation sites (tertiary alicyclic amines) is 2. The number of rotatable bonds is 23. The SMILES string of the molecule is CCCCN(CCCC)C(=O)c1cc2c(CCN3CCN(CC(=O)N4CCCC4)CC3)c(-c3cc(C)cc(C)c3)[nH]c2s1.CC[NH+](CC)C(C)C.Cc1cc(C)cc(-c2[nH]c3sc(C(=O)[O-])cc3c2CCN2CCN(CC(=O)N3CCCC3)CC2)c1. The summed E-state index contributed by atoms with van der Waals surface area (Å²) in [6, 6.07) is 18.0. The Hall–Kier alpha value is -5.40. The average Bonchev–Trinajstić information content (AvgIpc) is 1.81. The average molecular weight is 1220 g/mol. The number of hydrogen-bond donors (Lipinski definition) is 3. The standard InChI is InChI=1S/C35H51N5O2S.C27H34N4O3S.C7H17N/c1-5-7-12-40(13-8-6-2)35(42)31-24-30-29(33(36-34(30)43-31)28-22-26(3)21-27(4)23-28)11-16-37-17-19-38(20-18-37)25-32(41)39-14-9-10-15-39;1-18-13-19(2)15-20(14-18)25-21(22-16-23(27(33)34)35-26(22)28-25)5-8-29-9-11-30(12-10-29)17-24(32)31-6-3-4-7-31;1-5-8(6-2)7(3)4/h21-24,36H,5-20,25H2,1-4H3;13-16,28H,3-12,17H2,1-2H3,(H,33,34);7H,5-6H2,1-4H3. The molecule has 10 rings (SSSR count). The Morgan fingerprint density at radius 2 is 0.907 bits per heavy atom. The molecule has 2 aromatic carbocycles. The summed E-state index contributed by atoms with van der Waals surface area (Å²) in [6.07, 6.45) is 10.6. The fraction of sp³-hybridized carbons (Fsp3) is 0.594. The number of nitrogens with zero attached hydrogens (tertiary/aromatic N) is 7. The van der Waals surface area contributed by atoms with Crippen LogP contribution in [0.2, 0.25) is 0 Å². The number of carboxylic acid groups (broad SMARTS) is 1. The second kappa shape index (κ2) is 32.2. The summed E-state index contributed by atoms with van der Waals surface area (Å²) in [5.41, 5.74) is 12.1. The van der Waals surface area contributed by atoms with E-state index in [1.165, 1.54) is 74.5 Å².